The Bertz CT molecular complexity index is 1320. The summed E-state index contributed by atoms with van der Waals surface area (Å²) in [4.78, 5) is 0.156. The molecular weight excluding hydrogens is 420 g/mol. The van der Waals surface area contributed by atoms with Gasteiger partial charge in [-0.25, -0.2) is 8.42 Å². The number of sulfonamides is 1. The van der Waals surface area contributed by atoms with Crippen LogP contribution in [0.25, 0.3) is 17.0 Å². The summed E-state index contributed by atoms with van der Waals surface area (Å²) in [5.74, 6) is 0.594. The van der Waals surface area contributed by atoms with Crippen LogP contribution in [0.3, 0.4) is 0 Å². The Kier molecular flexibility index (Phi) is 6.33. The maximum Gasteiger partial charge on any atom is 0.261 e. The highest BCUT2D eigenvalue weighted by Gasteiger charge is 2.21. The van der Waals surface area contributed by atoms with Gasteiger partial charge in [-0.1, -0.05) is 36.4 Å². The van der Waals surface area contributed by atoms with Gasteiger partial charge >= 0.3 is 0 Å². The van der Waals surface area contributed by atoms with Crippen molar-refractivity contribution < 1.29 is 17.7 Å². The highest BCUT2D eigenvalue weighted by molar-refractivity contribution is 7.89. The van der Waals surface area contributed by atoms with Crippen molar-refractivity contribution in [3.05, 3.63) is 121 Å². The van der Waals surface area contributed by atoms with E-state index in [0.717, 1.165) is 16.8 Å². The zero-order chi connectivity index (χ0) is 22.4. The van der Waals surface area contributed by atoms with E-state index in [-0.39, 0.29) is 4.90 Å². The average molecular weight is 444 g/mol. The molecule has 4 aromatic rings. The minimum absolute atomic E-state index is 0.156. The van der Waals surface area contributed by atoms with Crippen molar-refractivity contribution in [2.45, 2.75) is 4.90 Å². The Morgan fingerprint density at radius 3 is 2.09 bits per heavy atom. The number of nitrogens with one attached hydrogen (secondary N) is 1. The van der Waals surface area contributed by atoms with Gasteiger partial charge in [0.05, 0.1) is 18.2 Å². The van der Waals surface area contributed by atoms with Gasteiger partial charge in [-0.2, -0.15) is 4.57 Å². The molecule has 0 fully saturated rings. The molecule has 0 unspecified atom stereocenters. The van der Waals surface area contributed by atoms with E-state index in [1.54, 1.807) is 12.1 Å². The van der Waals surface area contributed by atoms with Crippen molar-refractivity contribution in [3.63, 3.8) is 0 Å². The van der Waals surface area contributed by atoms with E-state index in [0.29, 0.717) is 11.4 Å². The molecule has 0 radical (unpaired) electrons. The first-order valence-electron chi connectivity index (χ1n) is 10.1. The van der Waals surface area contributed by atoms with E-state index in [2.05, 4.69) is 4.72 Å². The fraction of sp³-hybridized carbons (Fsp3) is 0.0385. The van der Waals surface area contributed by atoms with Gasteiger partial charge in [-0.15, -0.1) is 0 Å². The molecule has 1 aromatic heterocycles. The molecule has 0 saturated carbocycles. The van der Waals surface area contributed by atoms with Crippen molar-refractivity contribution in [1.82, 2.24) is 4.72 Å². The van der Waals surface area contributed by atoms with E-state index in [1.165, 1.54) is 25.4 Å². The second-order valence-electron chi connectivity index (χ2n) is 7.01. The summed E-state index contributed by atoms with van der Waals surface area (Å²) in [7, 11) is -2.23. The van der Waals surface area contributed by atoms with Gasteiger partial charge < -0.3 is 4.74 Å². The molecule has 0 aliphatic carbocycles. The van der Waals surface area contributed by atoms with E-state index >= 15 is 0 Å². The molecule has 0 aliphatic rings. The van der Waals surface area contributed by atoms with Crippen molar-refractivity contribution in [2.24, 2.45) is 0 Å². The fourth-order valence-corrected chi connectivity index (χ4v) is 4.25. The topological polar surface area (TPSA) is 59.3 Å². The van der Waals surface area contributed by atoms with Crippen LogP contribution in [0.2, 0.25) is 0 Å². The number of nitrogens with zero attached hydrogens (tertiary/aromatic N) is 1. The van der Waals surface area contributed by atoms with Gasteiger partial charge in [0.25, 0.3) is 10.0 Å². The van der Waals surface area contributed by atoms with Crippen LogP contribution in [0.5, 0.6) is 5.75 Å². The molecule has 5 nitrogen and oxygen atoms in total. The van der Waals surface area contributed by atoms with Crippen LogP contribution >= 0.6 is 0 Å². The van der Waals surface area contributed by atoms with Gasteiger partial charge in [0, 0.05) is 23.3 Å². The summed E-state index contributed by atoms with van der Waals surface area (Å²) in [6, 6.07) is 31.8. The smallest absolute Gasteiger partial charge is 0.261 e. The van der Waals surface area contributed by atoms with E-state index < -0.39 is 10.0 Å². The van der Waals surface area contributed by atoms with Crippen LogP contribution in [-0.2, 0) is 10.0 Å². The highest BCUT2D eigenvalue weighted by atomic mass is 32.2. The second kappa shape index (κ2) is 9.49. The van der Waals surface area contributed by atoms with Crippen molar-refractivity contribution in [3.8, 4) is 17.0 Å². The van der Waals surface area contributed by atoms with Crippen LogP contribution < -0.4 is 14.0 Å². The first kappa shape index (κ1) is 21.3. The maximum atomic E-state index is 12.9. The molecule has 0 saturated heterocycles. The lowest BCUT2D eigenvalue weighted by atomic mass is 10.1. The molecule has 32 heavy (non-hydrogen) atoms. The third-order valence-corrected chi connectivity index (χ3v) is 6.30. The molecule has 0 aliphatic heterocycles. The predicted molar refractivity (Wildman–Crippen MR) is 125 cm³/mol. The molecule has 0 amide bonds. The molecule has 4 rings (SSSR count). The summed E-state index contributed by atoms with van der Waals surface area (Å²) in [6.45, 7) is 0. The Hall–Kier alpha value is -3.90. The summed E-state index contributed by atoms with van der Waals surface area (Å²) in [5, 5.41) is 0. The average Bonchev–Trinajstić information content (AvgIpc) is 2.85. The predicted octanol–water partition coefficient (Wildman–Crippen LogP) is 4.47. The minimum atomic E-state index is -3.77. The maximum absolute atomic E-state index is 12.9. The normalized spacial score (nSPS) is 11.7. The number of hydrogen-bond acceptors (Lipinski definition) is 3. The minimum Gasteiger partial charge on any atom is -0.497 e. The van der Waals surface area contributed by atoms with E-state index in [1.807, 2.05) is 89.6 Å². The highest BCUT2D eigenvalue weighted by Crippen LogP contribution is 2.20. The zero-order valence-corrected chi connectivity index (χ0v) is 18.4. The third kappa shape index (κ3) is 4.71. The number of methoxy groups -OCH3 is 1. The first-order valence-corrected chi connectivity index (χ1v) is 11.6. The third-order valence-electron chi connectivity index (χ3n) is 4.98. The molecule has 1 heterocycles. The molecule has 3 aromatic carbocycles. The lowest BCUT2D eigenvalue weighted by Gasteiger charge is -2.09. The van der Waals surface area contributed by atoms with Gasteiger partial charge in [0.15, 0.2) is 6.20 Å². The van der Waals surface area contributed by atoms with Crippen LogP contribution in [0.1, 0.15) is 5.56 Å². The quantitative estimate of drug-likeness (QED) is 0.429. The Labute approximate surface area is 188 Å². The SMILES string of the molecule is COc1ccc(S(=O)(=O)N/C=C(/c2ccccc2)[n+]2ccccc2-c2ccccc2)cc1. The summed E-state index contributed by atoms with van der Waals surface area (Å²) in [6.07, 6.45) is 3.45. The fourth-order valence-electron chi connectivity index (χ4n) is 3.35. The largest absolute Gasteiger partial charge is 0.497 e. The summed E-state index contributed by atoms with van der Waals surface area (Å²) < 4.78 is 35.6. The molecule has 160 valence electrons. The molecule has 0 bridgehead atoms. The molecule has 0 atom stereocenters. The van der Waals surface area contributed by atoms with Crippen molar-refractivity contribution in [1.29, 1.82) is 0 Å². The number of hydrogen-bond donors (Lipinski definition) is 1. The van der Waals surface area contributed by atoms with Crippen LogP contribution in [0.15, 0.2) is 120 Å². The molecule has 0 spiro atoms. The standard InChI is InChI=1S/C26H23N2O3S/c1-31-23-15-17-24(18-16-23)32(29,30)27-20-26(22-12-6-3-7-13-22)28-19-9-8-14-25(28)21-10-4-2-5-11-21/h2-20,27H,1H3/q+1/b26-20-. The Balaban J connectivity index is 1.79. The van der Waals surface area contributed by atoms with Crippen LogP contribution in [-0.4, -0.2) is 15.5 Å². The van der Waals surface area contributed by atoms with E-state index in [4.69, 9.17) is 4.74 Å². The first-order chi connectivity index (χ1) is 15.6. The van der Waals surface area contributed by atoms with Gasteiger partial charge in [0.2, 0.25) is 11.4 Å². The van der Waals surface area contributed by atoms with Crippen molar-refractivity contribution in [2.75, 3.05) is 7.11 Å². The van der Waals surface area contributed by atoms with E-state index in [9.17, 15) is 8.42 Å². The summed E-state index contributed by atoms with van der Waals surface area (Å²) >= 11 is 0. The van der Waals surface area contributed by atoms with Gasteiger partial charge in [-0.05, 0) is 54.6 Å². The zero-order valence-electron chi connectivity index (χ0n) is 17.5. The molecule has 1 N–H and O–H groups in total. The van der Waals surface area contributed by atoms with Crippen LogP contribution in [0, 0.1) is 0 Å². The number of rotatable bonds is 7. The molecule has 6 heteroatoms. The van der Waals surface area contributed by atoms with Gasteiger partial charge in [-0.3, -0.25) is 4.72 Å². The van der Waals surface area contributed by atoms with Crippen LogP contribution in [0.4, 0.5) is 0 Å². The molecular formula is C26H23N2O3S+. The number of aromatic nitrogens is 1. The lowest BCUT2D eigenvalue weighted by Crippen LogP contribution is -2.36. The number of pyridine rings is 1. The monoisotopic (exact) mass is 443 g/mol. The summed E-state index contributed by atoms with van der Waals surface area (Å²) in [5.41, 5.74) is 3.53. The lowest BCUT2D eigenvalue weighted by molar-refractivity contribution is -0.567. The number of benzene rings is 3. The Morgan fingerprint density at radius 2 is 1.44 bits per heavy atom. The number of ether oxygens (including phenoxy) is 1. The van der Waals surface area contributed by atoms with Gasteiger partial charge in [0.1, 0.15) is 5.75 Å². The van der Waals surface area contributed by atoms with Crippen molar-refractivity contribution >= 4 is 15.7 Å². The Morgan fingerprint density at radius 1 is 0.812 bits per heavy atom. The second-order valence-corrected chi connectivity index (χ2v) is 8.73.